The number of halogens is 2. The Morgan fingerprint density at radius 3 is 2.49 bits per heavy atom. The van der Waals surface area contributed by atoms with Gasteiger partial charge in [-0.25, -0.2) is 9.59 Å². The van der Waals surface area contributed by atoms with Crippen molar-refractivity contribution in [3.05, 3.63) is 92.3 Å². The maximum atomic E-state index is 13.5. The van der Waals surface area contributed by atoms with Gasteiger partial charge in [-0.2, -0.15) is 0 Å². The lowest BCUT2D eigenvalue weighted by Gasteiger charge is -2.39. The average Bonchev–Trinajstić information content (AvgIpc) is 3.34. The van der Waals surface area contributed by atoms with E-state index in [1.54, 1.807) is 26.5 Å². The molecule has 3 aromatic carbocycles. The first kappa shape index (κ1) is 27.4. The highest BCUT2D eigenvalue weighted by Crippen LogP contribution is 2.39. The predicted octanol–water partition coefficient (Wildman–Crippen LogP) is 5.23. The van der Waals surface area contributed by atoms with Gasteiger partial charge in [-0.05, 0) is 54.3 Å². The second-order valence-electron chi connectivity index (χ2n) is 10.4. The normalized spacial score (nSPS) is 19.5. The first-order valence-electron chi connectivity index (χ1n) is 13.5. The van der Waals surface area contributed by atoms with E-state index in [0.29, 0.717) is 66.8 Å². The number of primary amides is 1. The maximum absolute atomic E-state index is 13.5. The molecule has 9 nitrogen and oxygen atoms in total. The molecule has 3 N–H and O–H groups in total. The van der Waals surface area contributed by atoms with Gasteiger partial charge in [0.25, 0.3) is 5.91 Å². The van der Waals surface area contributed by atoms with Crippen molar-refractivity contribution in [2.45, 2.75) is 24.9 Å². The Morgan fingerprint density at radius 1 is 0.951 bits per heavy atom. The van der Waals surface area contributed by atoms with Crippen LogP contribution >= 0.6 is 23.2 Å². The number of imidazole rings is 1. The van der Waals surface area contributed by atoms with Gasteiger partial charge in [-0.1, -0.05) is 53.5 Å². The molecular weight excluding hydrogens is 565 g/mol. The maximum Gasteiger partial charge on any atom is 0.326 e. The van der Waals surface area contributed by atoms with Gasteiger partial charge in [0, 0.05) is 36.8 Å². The molecule has 2 aliphatic rings. The van der Waals surface area contributed by atoms with Gasteiger partial charge >= 0.3 is 11.7 Å². The van der Waals surface area contributed by atoms with E-state index in [9.17, 15) is 14.4 Å². The highest BCUT2D eigenvalue weighted by molar-refractivity contribution is 6.42. The lowest BCUT2D eigenvalue weighted by atomic mass is 9.91. The second-order valence-corrected chi connectivity index (χ2v) is 11.2. The average molecular weight is 594 g/mol. The minimum absolute atomic E-state index is 0.0389. The number of piperidine rings is 1. The lowest BCUT2D eigenvalue weighted by molar-refractivity contribution is 0.0303. The van der Waals surface area contributed by atoms with Crippen LogP contribution in [0.3, 0.4) is 0 Å². The van der Waals surface area contributed by atoms with E-state index in [1.165, 1.54) is 0 Å². The van der Waals surface area contributed by atoms with Crippen LogP contribution in [0.15, 0.2) is 65.5 Å². The van der Waals surface area contributed by atoms with E-state index < -0.39 is 6.03 Å². The van der Waals surface area contributed by atoms with E-state index in [-0.39, 0.29) is 23.7 Å². The molecular formula is C30H29Cl2N5O4. The molecule has 1 aromatic heterocycles. The molecule has 212 valence electrons. The number of nitrogens with one attached hydrogen (secondary N) is 1. The van der Waals surface area contributed by atoms with Gasteiger partial charge < -0.3 is 25.3 Å². The molecule has 0 bridgehead atoms. The van der Waals surface area contributed by atoms with Crippen LogP contribution in [0.5, 0.6) is 0 Å². The molecule has 2 fully saturated rings. The molecule has 3 amide bonds. The molecule has 0 saturated carbocycles. The fourth-order valence-electron chi connectivity index (χ4n) is 6.00. The summed E-state index contributed by atoms with van der Waals surface area (Å²) in [7, 11) is 0. The summed E-state index contributed by atoms with van der Waals surface area (Å²) in [5.41, 5.74) is 9.99. The zero-order valence-corrected chi connectivity index (χ0v) is 23.7. The van der Waals surface area contributed by atoms with E-state index in [0.717, 1.165) is 22.2 Å². The Bertz CT molecular complexity index is 1690. The molecule has 2 unspecified atom stereocenters. The molecule has 4 aromatic rings. The van der Waals surface area contributed by atoms with Gasteiger partial charge in [0.2, 0.25) is 0 Å². The van der Waals surface area contributed by atoms with E-state index in [2.05, 4.69) is 4.98 Å². The number of amides is 3. The number of likely N-dealkylation sites (tertiary alicyclic amines) is 1. The number of fused-ring (bicyclic) bond motifs is 1. The minimum Gasteiger partial charge on any atom is -0.378 e. The smallest absolute Gasteiger partial charge is 0.326 e. The summed E-state index contributed by atoms with van der Waals surface area (Å²) in [6.45, 7) is 2.57. The van der Waals surface area contributed by atoms with Crippen LogP contribution < -0.4 is 11.4 Å². The van der Waals surface area contributed by atoms with Crippen LogP contribution in [-0.4, -0.2) is 64.1 Å². The molecule has 0 radical (unpaired) electrons. The number of aromatic nitrogens is 2. The summed E-state index contributed by atoms with van der Waals surface area (Å²) in [6.07, 6.45) is 1.03. The largest absolute Gasteiger partial charge is 0.378 e. The summed E-state index contributed by atoms with van der Waals surface area (Å²) in [4.78, 5) is 45.4. The third-order valence-corrected chi connectivity index (χ3v) is 8.76. The second kappa shape index (κ2) is 11.2. The monoisotopic (exact) mass is 593 g/mol. The number of nitrogens with zero attached hydrogens (tertiary/aromatic N) is 3. The van der Waals surface area contributed by atoms with Crippen molar-refractivity contribution in [3.63, 3.8) is 0 Å². The Kier molecular flexibility index (Phi) is 7.50. The van der Waals surface area contributed by atoms with E-state index in [4.69, 9.17) is 33.7 Å². The van der Waals surface area contributed by atoms with Crippen LogP contribution in [0, 0.1) is 0 Å². The summed E-state index contributed by atoms with van der Waals surface area (Å²) >= 11 is 12.4. The number of benzene rings is 3. The number of carbonyl (C=O) groups excluding carboxylic acids is 2. The van der Waals surface area contributed by atoms with Crippen molar-refractivity contribution in [2.24, 2.45) is 5.73 Å². The Hall–Kier alpha value is -3.79. The fourth-order valence-corrected chi connectivity index (χ4v) is 6.31. The number of urea groups is 1. The topological polar surface area (TPSA) is 114 Å². The number of H-pyrrole nitrogens is 1. The van der Waals surface area contributed by atoms with Crippen molar-refractivity contribution in [3.8, 4) is 11.1 Å². The number of carbonyl (C=O) groups is 2. The summed E-state index contributed by atoms with van der Waals surface area (Å²) < 4.78 is 7.15. The number of para-hydroxylation sites is 1. The van der Waals surface area contributed by atoms with Crippen LogP contribution in [0.4, 0.5) is 4.79 Å². The third-order valence-electron chi connectivity index (χ3n) is 8.02. The molecule has 41 heavy (non-hydrogen) atoms. The number of hydrogen-bond acceptors (Lipinski definition) is 4. The van der Waals surface area contributed by atoms with Crippen molar-refractivity contribution >= 4 is 46.2 Å². The highest BCUT2D eigenvalue weighted by atomic mass is 35.5. The van der Waals surface area contributed by atoms with E-state index >= 15 is 0 Å². The quantitative estimate of drug-likeness (QED) is 0.337. The van der Waals surface area contributed by atoms with Gasteiger partial charge in [0.05, 0.1) is 40.3 Å². The summed E-state index contributed by atoms with van der Waals surface area (Å²) in [5, 5.41) is 0.809. The molecule has 6 rings (SSSR count). The zero-order chi connectivity index (χ0) is 28.7. The Labute approximate surface area is 246 Å². The SMILES string of the molecule is NC(=O)N1CCC(n2c(=O)[nH]c3c(-c4cccc(C(=O)N5CCOCC5)c4)cccc32)CC1c1ccc(Cl)c(Cl)c1. The van der Waals surface area contributed by atoms with Crippen molar-refractivity contribution in [1.82, 2.24) is 19.4 Å². The Balaban J connectivity index is 1.35. The van der Waals surface area contributed by atoms with Crippen molar-refractivity contribution in [2.75, 3.05) is 32.8 Å². The zero-order valence-electron chi connectivity index (χ0n) is 22.2. The number of morpholine rings is 1. The molecule has 2 aliphatic heterocycles. The molecule has 2 saturated heterocycles. The third kappa shape index (κ3) is 5.21. The number of rotatable bonds is 4. The van der Waals surface area contributed by atoms with Crippen LogP contribution in [0.2, 0.25) is 10.0 Å². The standard InChI is InChI=1S/C30H29Cl2N5O4/c31-23-8-7-19(16-24(23)32)26-17-21(9-10-36(26)29(33)39)37-25-6-2-5-22(27(25)34-30(37)40)18-3-1-4-20(15-18)28(38)35-11-13-41-14-12-35/h1-8,15-16,21,26H,9-14,17H2,(H2,33,39)(H,34,40). The van der Waals surface area contributed by atoms with Gasteiger partial charge in [0.1, 0.15) is 0 Å². The fraction of sp³-hybridized carbons (Fsp3) is 0.300. The van der Waals surface area contributed by atoms with Gasteiger partial charge in [-0.3, -0.25) is 9.36 Å². The summed E-state index contributed by atoms with van der Waals surface area (Å²) in [5.74, 6) is -0.0389. The Morgan fingerprint density at radius 2 is 1.73 bits per heavy atom. The molecule has 0 spiro atoms. The summed E-state index contributed by atoms with van der Waals surface area (Å²) in [6, 6.07) is 17.4. The van der Waals surface area contributed by atoms with Crippen molar-refractivity contribution in [1.29, 1.82) is 0 Å². The molecule has 11 heteroatoms. The number of nitrogens with two attached hydrogens (primary N) is 1. The van der Waals surface area contributed by atoms with Gasteiger partial charge in [0.15, 0.2) is 0 Å². The minimum atomic E-state index is -0.528. The molecule has 2 atom stereocenters. The first-order chi connectivity index (χ1) is 19.8. The molecule has 3 heterocycles. The number of hydrogen-bond donors (Lipinski definition) is 2. The van der Waals surface area contributed by atoms with Crippen LogP contribution in [-0.2, 0) is 4.74 Å². The first-order valence-corrected chi connectivity index (χ1v) is 14.3. The lowest BCUT2D eigenvalue weighted by Crippen LogP contribution is -2.45. The van der Waals surface area contributed by atoms with Gasteiger partial charge in [-0.15, -0.1) is 0 Å². The van der Waals surface area contributed by atoms with Crippen molar-refractivity contribution < 1.29 is 14.3 Å². The van der Waals surface area contributed by atoms with Crippen LogP contribution in [0.25, 0.3) is 22.2 Å². The van der Waals surface area contributed by atoms with E-state index in [1.807, 2.05) is 48.5 Å². The predicted molar refractivity (Wildman–Crippen MR) is 158 cm³/mol. The highest BCUT2D eigenvalue weighted by Gasteiger charge is 2.34. The molecule has 0 aliphatic carbocycles. The number of aromatic amines is 1. The van der Waals surface area contributed by atoms with Crippen LogP contribution in [0.1, 0.15) is 40.8 Å². The number of ether oxygens (including phenoxy) is 1.